The molecule has 1 amide bonds. The number of nitrogens with one attached hydrogen (secondary N) is 1. The van der Waals surface area contributed by atoms with E-state index in [1.54, 1.807) is 11.8 Å². The van der Waals surface area contributed by atoms with Crippen molar-refractivity contribution in [1.29, 1.82) is 0 Å². The number of aryl methyl sites for hydroxylation is 1. The summed E-state index contributed by atoms with van der Waals surface area (Å²) in [6.07, 6.45) is 2.12. The minimum atomic E-state index is -0.499. The number of amides is 1. The van der Waals surface area contributed by atoms with Crippen LogP contribution in [0.5, 0.6) is 5.75 Å². The van der Waals surface area contributed by atoms with Crippen LogP contribution < -0.4 is 10.1 Å². The van der Waals surface area contributed by atoms with E-state index in [1.165, 1.54) is 5.56 Å². The lowest BCUT2D eigenvalue weighted by Gasteiger charge is -2.17. The normalized spacial score (nSPS) is 11.8. The van der Waals surface area contributed by atoms with Gasteiger partial charge in [0.1, 0.15) is 5.75 Å². The van der Waals surface area contributed by atoms with E-state index in [2.05, 4.69) is 5.32 Å². The Morgan fingerprint density at radius 2 is 1.95 bits per heavy atom. The first-order valence-electron chi connectivity index (χ1n) is 7.30. The van der Waals surface area contributed by atoms with Crippen molar-refractivity contribution in [3.63, 3.8) is 0 Å². The predicted molar refractivity (Wildman–Crippen MR) is 92.7 cm³/mol. The number of rotatable bonds is 6. The van der Waals surface area contributed by atoms with E-state index in [0.29, 0.717) is 12.2 Å². The molecule has 0 spiro atoms. The smallest absolute Gasteiger partial charge is 0.265 e. The molecule has 22 heavy (non-hydrogen) atoms. The van der Waals surface area contributed by atoms with Gasteiger partial charge in [-0.05, 0) is 49.9 Å². The Hall–Kier alpha value is -1.94. The second-order valence-electron chi connectivity index (χ2n) is 5.05. The molecule has 0 radical (unpaired) electrons. The van der Waals surface area contributed by atoms with Crippen LogP contribution in [-0.4, -0.2) is 18.3 Å². The van der Waals surface area contributed by atoms with Crippen molar-refractivity contribution >= 4 is 23.4 Å². The molecule has 2 aromatic rings. The summed E-state index contributed by atoms with van der Waals surface area (Å²) >= 11 is 1.65. The number of thioether (sulfide) groups is 1. The minimum absolute atomic E-state index is 0.124. The maximum atomic E-state index is 12.4. The molecule has 1 N–H and O–H groups in total. The lowest BCUT2D eigenvalue weighted by atomic mass is 10.2. The van der Waals surface area contributed by atoms with E-state index in [4.69, 9.17) is 4.74 Å². The zero-order valence-electron chi connectivity index (χ0n) is 13.1. The first kappa shape index (κ1) is 16.4. The van der Waals surface area contributed by atoms with Crippen molar-refractivity contribution in [1.82, 2.24) is 0 Å². The van der Waals surface area contributed by atoms with Crippen LogP contribution in [0.2, 0.25) is 0 Å². The zero-order chi connectivity index (χ0) is 15.9. The quantitative estimate of drug-likeness (QED) is 0.797. The van der Waals surface area contributed by atoms with Crippen molar-refractivity contribution in [2.45, 2.75) is 31.3 Å². The Labute approximate surface area is 136 Å². The van der Waals surface area contributed by atoms with Gasteiger partial charge in [-0.25, -0.2) is 0 Å². The van der Waals surface area contributed by atoms with Crippen LogP contribution in [0.25, 0.3) is 0 Å². The van der Waals surface area contributed by atoms with Gasteiger partial charge in [-0.1, -0.05) is 30.7 Å². The molecule has 0 saturated heterocycles. The summed E-state index contributed by atoms with van der Waals surface area (Å²) in [5, 5.41) is 2.92. The highest BCUT2D eigenvalue weighted by molar-refractivity contribution is 7.98. The van der Waals surface area contributed by atoms with Gasteiger partial charge in [0.05, 0.1) is 0 Å². The Balaban J connectivity index is 2.03. The van der Waals surface area contributed by atoms with Gasteiger partial charge in [-0.3, -0.25) is 4.79 Å². The Morgan fingerprint density at radius 1 is 1.23 bits per heavy atom. The monoisotopic (exact) mass is 315 g/mol. The fourth-order valence-corrected chi connectivity index (χ4v) is 2.49. The molecule has 2 rings (SSSR count). The molecular formula is C18H21NO2S. The van der Waals surface area contributed by atoms with E-state index in [1.807, 2.05) is 68.6 Å². The van der Waals surface area contributed by atoms with E-state index >= 15 is 0 Å². The maximum absolute atomic E-state index is 12.4. The first-order chi connectivity index (χ1) is 10.6. The van der Waals surface area contributed by atoms with Crippen LogP contribution in [0, 0.1) is 6.92 Å². The van der Waals surface area contributed by atoms with Crippen LogP contribution in [0.3, 0.4) is 0 Å². The Morgan fingerprint density at radius 3 is 2.59 bits per heavy atom. The summed E-state index contributed by atoms with van der Waals surface area (Å²) in [6.45, 7) is 3.96. The van der Waals surface area contributed by atoms with E-state index in [9.17, 15) is 4.79 Å². The van der Waals surface area contributed by atoms with Crippen molar-refractivity contribution in [3.05, 3.63) is 54.1 Å². The van der Waals surface area contributed by atoms with E-state index in [0.717, 1.165) is 10.6 Å². The van der Waals surface area contributed by atoms with Gasteiger partial charge in [0.25, 0.3) is 5.91 Å². The number of carbonyl (C=O) groups excluding carboxylic acids is 1. The summed E-state index contributed by atoms with van der Waals surface area (Å²) in [5.41, 5.74) is 1.96. The van der Waals surface area contributed by atoms with Gasteiger partial charge in [-0.15, -0.1) is 11.8 Å². The van der Waals surface area contributed by atoms with Crippen LogP contribution in [-0.2, 0) is 4.79 Å². The summed E-state index contributed by atoms with van der Waals surface area (Å²) < 4.78 is 5.79. The van der Waals surface area contributed by atoms with Crippen molar-refractivity contribution in [3.8, 4) is 5.75 Å². The van der Waals surface area contributed by atoms with Gasteiger partial charge in [0.2, 0.25) is 0 Å². The number of hydrogen-bond donors (Lipinski definition) is 1. The molecule has 0 aromatic heterocycles. The molecule has 3 nitrogen and oxygen atoms in total. The van der Waals surface area contributed by atoms with Crippen molar-refractivity contribution in [2.75, 3.05) is 11.6 Å². The molecule has 0 saturated carbocycles. The van der Waals surface area contributed by atoms with Crippen molar-refractivity contribution < 1.29 is 9.53 Å². The average Bonchev–Trinajstić information content (AvgIpc) is 2.54. The Bertz CT molecular complexity index is 625. The van der Waals surface area contributed by atoms with E-state index in [-0.39, 0.29) is 5.91 Å². The summed E-state index contributed by atoms with van der Waals surface area (Å²) in [7, 11) is 0. The average molecular weight is 315 g/mol. The van der Waals surface area contributed by atoms with E-state index < -0.39 is 6.10 Å². The molecule has 0 bridgehead atoms. The summed E-state index contributed by atoms with van der Waals surface area (Å²) in [6, 6.07) is 15.5. The van der Waals surface area contributed by atoms with Gasteiger partial charge in [0, 0.05) is 10.6 Å². The highest BCUT2D eigenvalue weighted by Crippen LogP contribution is 2.20. The van der Waals surface area contributed by atoms with Gasteiger partial charge < -0.3 is 10.1 Å². The molecule has 0 aliphatic rings. The molecule has 2 aromatic carbocycles. The molecular weight excluding hydrogens is 294 g/mol. The van der Waals surface area contributed by atoms with Crippen LogP contribution in [0.15, 0.2) is 53.4 Å². The van der Waals surface area contributed by atoms with Crippen LogP contribution in [0.1, 0.15) is 18.9 Å². The standard InChI is InChI=1S/C18H21NO2S/c1-4-17(21-15-10-8-13(2)9-11-15)18(20)19-14-6-5-7-16(12-14)22-3/h5-12,17H,4H2,1-3H3,(H,19,20). The number of carbonyl (C=O) groups is 1. The fraction of sp³-hybridized carbons (Fsp3) is 0.278. The third-order valence-electron chi connectivity index (χ3n) is 3.30. The number of ether oxygens (including phenoxy) is 1. The lowest BCUT2D eigenvalue weighted by Crippen LogP contribution is -2.32. The second kappa shape index (κ2) is 7.90. The fourth-order valence-electron chi connectivity index (χ4n) is 2.03. The number of hydrogen-bond acceptors (Lipinski definition) is 3. The van der Waals surface area contributed by atoms with Gasteiger partial charge >= 0.3 is 0 Å². The largest absolute Gasteiger partial charge is 0.481 e. The molecule has 0 aliphatic heterocycles. The maximum Gasteiger partial charge on any atom is 0.265 e. The lowest BCUT2D eigenvalue weighted by molar-refractivity contribution is -0.122. The van der Waals surface area contributed by atoms with Crippen LogP contribution >= 0.6 is 11.8 Å². The highest BCUT2D eigenvalue weighted by Gasteiger charge is 2.18. The Kier molecular flexibility index (Phi) is 5.90. The molecule has 1 atom stereocenters. The SMILES string of the molecule is CCC(Oc1ccc(C)cc1)C(=O)Nc1cccc(SC)c1. The molecule has 0 fully saturated rings. The highest BCUT2D eigenvalue weighted by atomic mass is 32.2. The van der Waals surface area contributed by atoms with Gasteiger partial charge in [0.15, 0.2) is 6.10 Å². The number of benzene rings is 2. The van der Waals surface area contributed by atoms with Gasteiger partial charge in [-0.2, -0.15) is 0 Å². The summed E-state index contributed by atoms with van der Waals surface area (Å²) in [5.74, 6) is 0.590. The predicted octanol–water partition coefficient (Wildman–Crippen LogP) is 4.51. The topological polar surface area (TPSA) is 38.3 Å². The molecule has 1 unspecified atom stereocenters. The number of anilines is 1. The molecule has 0 aliphatic carbocycles. The third kappa shape index (κ3) is 4.53. The second-order valence-corrected chi connectivity index (χ2v) is 5.93. The summed E-state index contributed by atoms with van der Waals surface area (Å²) in [4.78, 5) is 13.5. The third-order valence-corrected chi connectivity index (χ3v) is 4.03. The zero-order valence-corrected chi connectivity index (χ0v) is 13.9. The molecule has 116 valence electrons. The van der Waals surface area contributed by atoms with Crippen molar-refractivity contribution in [2.24, 2.45) is 0 Å². The first-order valence-corrected chi connectivity index (χ1v) is 8.53. The molecule has 0 heterocycles. The van der Waals surface area contributed by atoms with Crippen LogP contribution in [0.4, 0.5) is 5.69 Å². The minimum Gasteiger partial charge on any atom is -0.481 e. The molecule has 4 heteroatoms.